The molecule has 1 aromatic heterocycles. The highest BCUT2D eigenvalue weighted by Gasteiger charge is 2.30. The van der Waals surface area contributed by atoms with Gasteiger partial charge in [-0.15, -0.1) is 0 Å². The largest absolute Gasteiger partial charge is 0.436 e. The molecule has 0 spiro atoms. The first-order valence-corrected chi connectivity index (χ1v) is 4.93. The Morgan fingerprint density at radius 3 is 3.00 bits per heavy atom. The van der Waals surface area contributed by atoms with Crippen molar-refractivity contribution in [2.24, 2.45) is 0 Å². The van der Waals surface area contributed by atoms with Crippen LogP contribution < -0.4 is 0 Å². The van der Waals surface area contributed by atoms with Gasteiger partial charge in [0.05, 0.1) is 6.61 Å². The Kier molecular flexibility index (Phi) is 3.18. The van der Waals surface area contributed by atoms with Crippen LogP contribution in [0.5, 0.6) is 0 Å². The second kappa shape index (κ2) is 4.62. The summed E-state index contributed by atoms with van der Waals surface area (Å²) in [5.74, 6) is -0.354. The van der Waals surface area contributed by atoms with E-state index in [1.165, 1.54) is 29.1 Å². The summed E-state index contributed by atoms with van der Waals surface area (Å²) in [7, 11) is 0. The molecule has 0 radical (unpaired) electrons. The molecule has 3 atom stereocenters. The van der Waals surface area contributed by atoms with Crippen molar-refractivity contribution in [3.05, 3.63) is 34.7 Å². The Morgan fingerprint density at radius 2 is 2.35 bits per heavy atom. The average Bonchev–Trinajstić information content (AvgIpc) is 2.78. The molecule has 0 saturated carbocycles. The van der Waals surface area contributed by atoms with Crippen LogP contribution in [0.1, 0.15) is 6.23 Å². The predicted molar refractivity (Wildman–Crippen MR) is 55.0 cm³/mol. The monoisotopic (exact) mass is 241 g/mol. The first kappa shape index (κ1) is 11.7. The maximum absolute atomic E-state index is 10.7. The zero-order valence-corrected chi connectivity index (χ0v) is 8.71. The van der Waals surface area contributed by atoms with Crippen LogP contribution in [0.2, 0.25) is 0 Å². The van der Waals surface area contributed by atoms with Crippen LogP contribution in [0, 0.1) is 10.1 Å². The van der Waals surface area contributed by atoms with E-state index in [1.807, 2.05) is 0 Å². The number of aliphatic hydroxyl groups excluding tert-OH is 2. The lowest BCUT2D eigenvalue weighted by Crippen LogP contribution is -2.36. The van der Waals surface area contributed by atoms with Gasteiger partial charge in [-0.05, 0) is 11.0 Å². The molecular formula is C9H11N3O5. The number of imidazole rings is 1. The van der Waals surface area contributed by atoms with Crippen LogP contribution in [0.3, 0.4) is 0 Å². The molecule has 2 rings (SSSR count). The summed E-state index contributed by atoms with van der Waals surface area (Å²) in [6.45, 7) is -0.371. The summed E-state index contributed by atoms with van der Waals surface area (Å²) >= 11 is 0. The molecule has 8 nitrogen and oxygen atoms in total. The van der Waals surface area contributed by atoms with Crippen LogP contribution in [-0.4, -0.2) is 43.5 Å². The maximum atomic E-state index is 10.7. The fourth-order valence-corrected chi connectivity index (χ4v) is 1.59. The van der Waals surface area contributed by atoms with E-state index in [4.69, 9.17) is 9.84 Å². The number of nitro groups is 1. The average molecular weight is 241 g/mol. The van der Waals surface area contributed by atoms with Gasteiger partial charge in [-0.1, -0.05) is 11.1 Å². The first-order chi connectivity index (χ1) is 8.13. The molecule has 0 aromatic carbocycles. The van der Waals surface area contributed by atoms with Gasteiger partial charge in [0.1, 0.15) is 24.6 Å². The SMILES string of the molecule is O=[N+]([O-])c1nccn1[C@@H]1C=C[C@H](O)[C@@H](CO)O1. The number of ether oxygens (including phenoxy) is 1. The fourth-order valence-electron chi connectivity index (χ4n) is 1.59. The van der Waals surface area contributed by atoms with Crippen molar-refractivity contribution < 1.29 is 19.9 Å². The predicted octanol–water partition coefficient (Wildman–Crippen LogP) is -0.402. The maximum Gasteiger partial charge on any atom is 0.436 e. The van der Waals surface area contributed by atoms with Gasteiger partial charge in [0.15, 0.2) is 0 Å². The lowest BCUT2D eigenvalue weighted by Gasteiger charge is -2.27. The zero-order valence-electron chi connectivity index (χ0n) is 8.71. The second-order valence-electron chi connectivity index (χ2n) is 3.51. The third-order valence-electron chi connectivity index (χ3n) is 2.43. The highest BCUT2D eigenvalue weighted by Crippen LogP contribution is 2.24. The molecule has 0 bridgehead atoms. The van der Waals surface area contributed by atoms with Gasteiger partial charge in [0.2, 0.25) is 6.23 Å². The van der Waals surface area contributed by atoms with Crippen molar-refractivity contribution in [1.82, 2.24) is 9.55 Å². The fraction of sp³-hybridized carbons (Fsp3) is 0.444. The van der Waals surface area contributed by atoms with Crippen molar-refractivity contribution in [3.8, 4) is 0 Å². The Balaban J connectivity index is 2.26. The van der Waals surface area contributed by atoms with E-state index in [2.05, 4.69) is 4.98 Å². The second-order valence-corrected chi connectivity index (χ2v) is 3.51. The third kappa shape index (κ3) is 2.18. The number of nitrogens with zero attached hydrogens (tertiary/aromatic N) is 3. The van der Waals surface area contributed by atoms with E-state index in [-0.39, 0.29) is 12.6 Å². The standard InChI is InChI=1S/C9H11N3O5/c13-5-7-6(14)1-2-8(17-7)11-4-3-10-9(11)12(15)16/h1-4,6-8,13-14H,5H2/t6-,7+,8-/m0/s1. The van der Waals surface area contributed by atoms with E-state index in [0.717, 1.165) is 0 Å². The molecular weight excluding hydrogens is 230 g/mol. The molecule has 0 unspecified atom stereocenters. The van der Waals surface area contributed by atoms with Crippen molar-refractivity contribution >= 4 is 5.95 Å². The number of aromatic nitrogens is 2. The molecule has 0 saturated heterocycles. The molecule has 1 aliphatic heterocycles. The molecule has 2 heterocycles. The lowest BCUT2D eigenvalue weighted by molar-refractivity contribution is -0.398. The number of hydrogen-bond donors (Lipinski definition) is 2. The molecule has 8 heteroatoms. The van der Waals surface area contributed by atoms with Gasteiger partial charge >= 0.3 is 5.95 Å². The number of hydrogen-bond acceptors (Lipinski definition) is 6. The quantitative estimate of drug-likeness (QED) is 0.423. The first-order valence-electron chi connectivity index (χ1n) is 4.93. The Morgan fingerprint density at radius 1 is 1.59 bits per heavy atom. The zero-order chi connectivity index (χ0) is 12.4. The Labute approximate surface area is 95.9 Å². The topological polar surface area (TPSA) is 111 Å². The molecule has 0 aliphatic carbocycles. The van der Waals surface area contributed by atoms with Crippen LogP contribution >= 0.6 is 0 Å². The summed E-state index contributed by atoms with van der Waals surface area (Å²) in [6.07, 6.45) is 3.13. The lowest BCUT2D eigenvalue weighted by atomic mass is 10.1. The summed E-state index contributed by atoms with van der Waals surface area (Å²) in [6, 6.07) is 0. The Bertz CT molecular complexity index is 444. The van der Waals surface area contributed by atoms with Crippen molar-refractivity contribution in [2.45, 2.75) is 18.4 Å². The summed E-state index contributed by atoms with van der Waals surface area (Å²) < 4.78 is 6.53. The number of aliphatic hydroxyl groups is 2. The highest BCUT2D eigenvalue weighted by atomic mass is 16.6. The molecule has 0 fully saturated rings. The van der Waals surface area contributed by atoms with Gasteiger partial charge in [0.25, 0.3) is 0 Å². The van der Waals surface area contributed by atoms with Gasteiger partial charge in [-0.2, -0.15) is 4.57 Å². The summed E-state index contributed by atoms with van der Waals surface area (Å²) in [4.78, 5) is 13.6. The van der Waals surface area contributed by atoms with E-state index in [0.29, 0.717) is 0 Å². The molecule has 1 aliphatic rings. The highest BCUT2D eigenvalue weighted by molar-refractivity contribution is 5.12. The minimum atomic E-state index is -0.918. The van der Waals surface area contributed by atoms with Crippen LogP contribution in [0.15, 0.2) is 24.5 Å². The van der Waals surface area contributed by atoms with Gasteiger partial charge < -0.3 is 25.1 Å². The van der Waals surface area contributed by atoms with Crippen LogP contribution in [0.4, 0.5) is 5.95 Å². The molecule has 2 N–H and O–H groups in total. The van der Waals surface area contributed by atoms with Gasteiger partial charge in [0, 0.05) is 0 Å². The van der Waals surface area contributed by atoms with Crippen molar-refractivity contribution in [2.75, 3.05) is 6.61 Å². The van der Waals surface area contributed by atoms with Crippen molar-refractivity contribution in [3.63, 3.8) is 0 Å². The van der Waals surface area contributed by atoms with Crippen molar-refractivity contribution in [1.29, 1.82) is 0 Å². The minimum absolute atomic E-state index is 0.354. The molecule has 92 valence electrons. The normalized spacial score (nSPS) is 28.2. The molecule has 0 amide bonds. The van der Waals surface area contributed by atoms with Crippen LogP contribution in [0.25, 0.3) is 0 Å². The summed E-state index contributed by atoms with van der Waals surface area (Å²) in [5, 5.41) is 29.1. The molecule has 17 heavy (non-hydrogen) atoms. The van der Waals surface area contributed by atoms with Gasteiger partial charge in [-0.25, -0.2) is 0 Å². The van der Waals surface area contributed by atoms with Crippen LogP contribution in [-0.2, 0) is 4.74 Å². The summed E-state index contributed by atoms with van der Waals surface area (Å²) in [5.41, 5.74) is 0. The third-order valence-corrected chi connectivity index (χ3v) is 2.43. The number of rotatable bonds is 3. The van der Waals surface area contributed by atoms with E-state index in [1.54, 1.807) is 0 Å². The smallest absolute Gasteiger partial charge is 0.394 e. The Hall–Kier alpha value is -1.77. The molecule has 1 aromatic rings. The minimum Gasteiger partial charge on any atom is -0.394 e. The van der Waals surface area contributed by atoms with E-state index < -0.39 is 23.4 Å². The van der Waals surface area contributed by atoms with E-state index >= 15 is 0 Å². The van der Waals surface area contributed by atoms with Gasteiger partial charge in [-0.3, -0.25) is 0 Å². The van der Waals surface area contributed by atoms with E-state index in [9.17, 15) is 15.2 Å².